The molecule has 128 valence electrons. The highest BCUT2D eigenvalue weighted by atomic mass is 35.5. The van der Waals surface area contributed by atoms with Crippen LogP contribution in [0.25, 0.3) is 0 Å². The van der Waals surface area contributed by atoms with Crippen molar-refractivity contribution < 1.29 is 9.53 Å². The van der Waals surface area contributed by atoms with Crippen molar-refractivity contribution in [3.8, 4) is 5.75 Å². The molecule has 1 heterocycles. The number of nitrogens with zero attached hydrogens (tertiary/aromatic N) is 1. The van der Waals surface area contributed by atoms with Crippen LogP contribution >= 0.6 is 11.6 Å². The number of benzene rings is 1. The molecule has 0 aliphatic rings. The first-order valence-corrected chi connectivity index (χ1v) is 8.22. The summed E-state index contributed by atoms with van der Waals surface area (Å²) in [5.74, 6) is 0.699. The number of carbonyl (C=O) groups is 1. The van der Waals surface area contributed by atoms with Gasteiger partial charge >= 0.3 is 0 Å². The third kappa shape index (κ3) is 6.18. The number of hydrogen-bond acceptors (Lipinski definition) is 4. The summed E-state index contributed by atoms with van der Waals surface area (Å²) in [7, 11) is 0. The predicted octanol–water partition coefficient (Wildman–Crippen LogP) is 2.93. The Bertz CT molecular complexity index is 663. The predicted molar refractivity (Wildman–Crippen MR) is 95.0 cm³/mol. The van der Waals surface area contributed by atoms with E-state index in [1.54, 1.807) is 18.5 Å². The highest BCUT2D eigenvalue weighted by Crippen LogP contribution is 2.23. The van der Waals surface area contributed by atoms with Crippen LogP contribution in [-0.2, 0) is 17.9 Å². The van der Waals surface area contributed by atoms with E-state index in [4.69, 9.17) is 16.3 Å². The van der Waals surface area contributed by atoms with Crippen molar-refractivity contribution in [1.82, 2.24) is 15.6 Å². The van der Waals surface area contributed by atoms with E-state index in [1.165, 1.54) is 0 Å². The standard InChI is InChI=1S/C18H22ClN3O2/c1-13(2)22-18(23)11-21-10-15-8-16(19)5-6-17(15)24-12-14-4-3-7-20-9-14/h3-9,13,21H,10-12H2,1-2H3,(H,22,23). The summed E-state index contributed by atoms with van der Waals surface area (Å²) in [6.07, 6.45) is 3.49. The fourth-order valence-corrected chi connectivity index (χ4v) is 2.35. The Morgan fingerprint density at radius 3 is 2.88 bits per heavy atom. The third-order valence-electron chi connectivity index (χ3n) is 3.19. The number of halogens is 1. The van der Waals surface area contributed by atoms with Crippen LogP contribution < -0.4 is 15.4 Å². The average molecular weight is 348 g/mol. The highest BCUT2D eigenvalue weighted by Gasteiger charge is 2.07. The number of nitrogens with one attached hydrogen (secondary N) is 2. The molecule has 0 aliphatic carbocycles. The molecule has 0 aliphatic heterocycles. The van der Waals surface area contributed by atoms with Gasteiger partial charge in [0.25, 0.3) is 0 Å². The Labute approximate surface area is 147 Å². The number of pyridine rings is 1. The van der Waals surface area contributed by atoms with Crippen LogP contribution in [0.2, 0.25) is 5.02 Å². The molecular weight excluding hydrogens is 326 g/mol. The van der Waals surface area contributed by atoms with Gasteiger partial charge in [0.2, 0.25) is 5.91 Å². The molecule has 0 atom stereocenters. The van der Waals surface area contributed by atoms with Gasteiger partial charge in [0.15, 0.2) is 0 Å². The summed E-state index contributed by atoms with van der Waals surface area (Å²) in [5.41, 5.74) is 1.89. The Balaban J connectivity index is 1.93. The van der Waals surface area contributed by atoms with E-state index in [9.17, 15) is 4.79 Å². The van der Waals surface area contributed by atoms with Gasteiger partial charge in [-0.2, -0.15) is 0 Å². The molecule has 0 saturated carbocycles. The normalized spacial score (nSPS) is 10.7. The summed E-state index contributed by atoms with van der Waals surface area (Å²) in [4.78, 5) is 15.7. The van der Waals surface area contributed by atoms with Crippen molar-refractivity contribution >= 4 is 17.5 Å². The summed E-state index contributed by atoms with van der Waals surface area (Å²) in [6.45, 7) is 5.02. The second-order valence-corrected chi connectivity index (χ2v) is 6.16. The lowest BCUT2D eigenvalue weighted by molar-refractivity contribution is -0.120. The van der Waals surface area contributed by atoms with Gasteiger partial charge in [-0.15, -0.1) is 0 Å². The molecule has 24 heavy (non-hydrogen) atoms. The van der Waals surface area contributed by atoms with E-state index in [1.807, 2.05) is 38.1 Å². The Morgan fingerprint density at radius 1 is 1.33 bits per heavy atom. The number of aromatic nitrogens is 1. The number of rotatable bonds is 8. The highest BCUT2D eigenvalue weighted by molar-refractivity contribution is 6.30. The van der Waals surface area contributed by atoms with Crippen molar-refractivity contribution in [3.63, 3.8) is 0 Å². The largest absolute Gasteiger partial charge is 0.489 e. The minimum atomic E-state index is -0.0372. The maximum absolute atomic E-state index is 11.7. The van der Waals surface area contributed by atoms with E-state index < -0.39 is 0 Å². The summed E-state index contributed by atoms with van der Waals surface area (Å²) in [6, 6.07) is 9.42. The molecule has 2 N–H and O–H groups in total. The van der Waals surface area contributed by atoms with Crippen molar-refractivity contribution in [3.05, 3.63) is 58.9 Å². The molecule has 2 aromatic rings. The minimum absolute atomic E-state index is 0.0372. The van der Waals surface area contributed by atoms with Crippen LogP contribution in [0.4, 0.5) is 0 Å². The van der Waals surface area contributed by atoms with Crippen molar-refractivity contribution in [2.75, 3.05) is 6.54 Å². The molecule has 6 heteroatoms. The van der Waals surface area contributed by atoms with Gasteiger partial charge in [-0.3, -0.25) is 9.78 Å². The number of ether oxygens (including phenoxy) is 1. The Hall–Kier alpha value is -2.11. The van der Waals surface area contributed by atoms with Crippen molar-refractivity contribution in [1.29, 1.82) is 0 Å². The molecule has 1 amide bonds. The van der Waals surface area contributed by atoms with Crippen LogP contribution in [0, 0.1) is 0 Å². The van der Waals surface area contributed by atoms with Crippen LogP contribution in [-0.4, -0.2) is 23.5 Å². The quantitative estimate of drug-likeness (QED) is 0.770. The van der Waals surface area contributed by atoms with Gasteiger partial charge in [0, 0.05) is 41.1 Å². The van der Waals surface area contributed by atoms with Gasteiger partial charge in [-0.25, -0.2) is 0 Å². The lowest BCUT2D eigenvalue weighted by Gasteiger charge is -2.13. The second-order valence-electron chi connectivity index (χ2n) is 5.73. The first kappa shape index (κ1) is 18.2. The minimum Gasteiger partial charge on any atom is -0.489 e. The molecular formula is C18H22ClN3O2. The molecule has 1 aromatic carbocycles. The van der Waals surface area contributed by atoms with E-state index >= 15 is 0 Å². The van der Waals surface area contributed by atoms with E-state index in [0.717, 1.165) is 16.9 Å². The zero-order chi connectivity index (χ0) is 17.4. The zero-order valence-electron chi connectivity index (χ0n) is 13.9. The topological polar surface area (TPSA) is 63.2 Å². The maximum atomic E-state index is 11.7. The van der Waals surface area contributed by atoms with Crippen molar-refractivity contribution in [2.45, 2.75) is 33.0 Å². The molecule has 0 fully saturated rings. The van der Waals surface area contributed by atoms with Gasteiger partial charge in [-0.1, -0.05) is 17.7 Å². The van der Waals surface area contributed by atoms with Crippen LogP contribution in [0.5, 0.6) is 5.75 Å². The van der Waals surface area contributed by atoms with Gasteiger partial charge in [0.05, 0.1) is 6.54 Å². The first-order valence-electron chi connectivity index (χ1n) is 7.85. The smallest absolute Gasteiger partial charge is 0.234 e. The lowest BCUT2D eigenvalue weighted by atomic mass is 10.2. The second kappa shape index (κ2) is 9.25. The summed E-state index contributed by atoms with van der Waals surface area (Å²) in [5, 5.41) is 6.58. The van der Waals surface area contributed by atoms with E-state index in [2.05, 4.69) is 15.6 Å². The Kier molecular flexibility index (Phi) is 7.03. The van der Waals surface area contributed by atoms with Crippen molar-refractivity contribution in [2.24, 2.45) is 0 Å². The first-order chi connectivity index (χ1) is 11.5. The third-order valence-corrected chi connectivity index (χ3v) is 3.43. The van der Waals surface area contributed by atoms with Crippen LogP contribution in [0.1, 0.15) is 25.0 Å². The number of hydrogen-bond donors (Lipinski definition) is 2. The molecule has 5 nitrogen and oxygen atoms in total. The van der Waals surface area contributed by atoms with E-state index in [0.29, 0.717) is 18.2 Å². The fraction of sp³-hybridized carbons (Fsp3) is 0.333. The van der Waals surface area contributed by atoms with Crippen LogP contribution in [0.15, 0.2) is 42.7 Å². The molecule has 0 bridgehead atoms. The van der Waals surface area contributed by atoms with Gasteiger partial charge < -0.3 is 15.4 Å². The average Bonchev–Trinajstić information content (AvgIpc) is 2.54. The summed E-state index contributed by atoms with van der Waals surface area (Å²) < 4.78 is 5.86. The van der Waals surface area contributed by atoms with Gasteiger partial charge in [0.1, 0.15) is 12.4 Å². The molecule has 1 aromatic heterocycles. The molecule has 2 rings (SSSR count). The summed E-state index contributed by atoms with van der Waals surface area (Å²) >= 11 is 6.07. The monoisotopic (exact) mass is 347 g/mol. The van der Waals surface area contributed by atoms with E-state index in [-0.39, 0.29) is 18.5 Å². The maximum Gasteiger partial charge on any atom is 0.234 e. The molecule has 0 unspecified atom stereocenters. The zero-order valence-corrected chi connectivity index (χ0v) is 14.6. The molecule has 0 spiro atoms. The number of amides is 1. The number of carbonyl (C=O) groups excluding carboxylic acids is 1. The van der Waals surface area contributed by atoms with Crippen LogP contribution in [0.3, 0.4) is 0 Å². The molecule has 0 saturated heterocycles. The Morgan fingerprint density at radius 2 is 2.17 bits per heavy atom. The lowest BCUT2D eigenvalue weighted by Crippen LogP contribution is -2.37. The molecule has 0 radical (unpaired) electrons. The fourth-order valence-electron chi connectivity index (χ4n) is 2.16. The SMILES string of the molecule is CC(C)NC(=O)CNCc1cc(Cl)ccc1OCc1cccnc1. The van der Waals surface area contributed by atoms with Gasteiger partial charge in [-0.05, 0) is 38.1 Å².